The molecule has 12 aromatic rings. The van der Waals surface area contributed by atoms with Gasteiger partial charge in [0.15, 0.2) is 0 Å². The van der Waals surface area contributed by atoms with Gasteiger partial charge in [-0.15, -0.1) is 0 Å². The van der Waals surface area contributed by atoms with Crippen LogP contribution >= 0.6 is 0 Å². The summed E-state index contributed by atoms with van der Waals surface area (Å²) in [5.41, 5.74) is 43.5. The van der Waals surface area contributed by atoms with Gasteiger partial charge >= 0.3 is 0 Å². The van der Waals surface area contributed by atoms with Crippen LogP contribution in [0.1, 0.15) is 263 Å². The Kier molecular flexibility index (Phi) is 16.9. The first-order valence-electron chi connectivity index (χ1n) is 40.3. The van der Waals surface area contributed by atoms with Gasteiger partial charge in [-0.2, -0.15) is 0 Å². The van der Waals surface area contributed by atoms with E-state index in [4.69, 9.17) is 0 Å². The summed E-state index contributed by atoms with van der Waals surface area (Å²) in [4.78, 5) is 5.27. The second kappa shape index (κ2) is 25.7. The summed E-state index contributed by atoms with van der Waals surface area (Å²) >= 11 is 0. The van der Waals surface area contributed by atoms with Crippen molar-refractivity contribution in [1.29, 1.82) is 0 Å². The zero-order valence-electron chi connectivity index (χ0n) is 66.8. The third-order valence-electron chi connectivity index (χ3n) is 26.3. The molecule has 1 atom stereocenters. The number of hydrogen-bond donors (Lipinski definition) is 0. The Hall–Kier alpha value is -9.76. The highest BCUT2D eigenvalue weighted by Gasteiger charge is 2.47. The molecular weight excluding hydrogens is 1290 g/mol. The Labute approximate surface area is 640 Å². The van der Waals surface area contributed by atoms with Crippen molar-refractivity contribution < 1.29 is 0 Å². The third kappa shape index (κ3) is 11.4. The molecule has 1 spiro atoms. The van der Waals surface area contributed by atoms with Gasteiger partial charge < -0.3 is 9.80 Å². The van der Waals surface area contributed by atoms with E-state index in [1.165, 1.54) is 197 Å². The third-order valence-corrected chi connectivity index (χ3v) is 26.3. The lowest BCUT2D eigenvalue weighted by molar-refractivity contribution is 0.550. The minimum Gasteiger partial charge on any atom is -0.310 e. The summed E-state index contributed by atoms with van der Waals surface area (Å²) in [6, 6.07) is 94.4. The Morgan fingerprint density at radius 3 is 1.24 bits per heavy atom. The number of anilines is 6. The van der Waals surface area contributed by atoms with Crippen LogP contribution in [0, 0.1) is 0 Å². The van der Waals surface area contributed by atoms with Gasteiger partial charge in [0.25, 0.3) is 0 Å². The first-order valence-corrected chi connectivity index (χ1v) is 40.3. The quantitative estimate of drug-likeness (QED) is 0.101. The van der Waals surface area contributed by atoms with Crippen molar-refractivity contribution >= 4 is 34.1 Å². The molecule has 2 nitrogen and oxygen atoms in total. The van der Waals surface area contributed by atoms with E-state index in [1.54, 1.807) is 0 Å². The molecule has 0 radical (unpaired) electrons. The average Bonchev–Trinajstić information content (AvgIpc) is 1.57. The highest BCUT2D eigenvalue weighted by Crippen LogP contribution is 2.61. The number of hydrogen-bond acceptors (Lipinski definition) is 2. The molecule has 107 heavy (non-hydrogen) atoms. The van der Waals surface area contributed by atoms with Crippen molar-refractivity contribution in [3.8, 4) is 66.8 Å². The molecule has 0 heterocycles. The van der Waals surface area contributed by atoms with Crippen LogP contribution in [0.2, 0.25) is 0 Å². The molecule has 1 unspecified atom stereocenters. The maximum absolute atomic E-state index is 2.64. The summed E-state index contributed by atoms with van der Waals surface area (Å²) in [5.74, 6) is 1.68. The number of rotatable bonds is 15. The van der Waals surface area contributed by atoms with Crippen LogP contribution in [0.3, 0.4) is 0 Å². The van der Waals surface area contributed by atoms with Crippen LogP contribution in [-0.4, -0.2) is 0 Å². The molecule has 0 saturated heterocycles. The molecule has 1 fully saturated rings. The molecule has 5 aliphatic rings. The standard InChI is InChI=1S/C105H108N2/c1-63(2)69-33-35-70(36-34-69)80-43-37-71(64(3)4)57-98(80)107(77-40-46-85-83-27-20-22-29-90(83)103(15,16)95(85)60-77)79-41-47-86-88-53-68(32-49-91(88)105(97(86)62-79)50-23-24-51-105)52-67(9)74-54-73(66(7)8)55-75(56-74)81-44-38-72(65(5)6)58-99(81)106(76-39-45-84-82-26-19-21-28-89(82)102(13,14)94(84)59-76)78-42-48-87-96(61-78)104(17,18)93-31-25-30-92(100(87)93)101(10,11)12/h19-22,25-49,53-67H,23-24,50-52H2,1-18H3. The zero-order valence-corrected chi connectivity index (χ0v) is 66.8. The van der Waals surface area contributed by atoms with Crippen molar-refractivity contribution in [2.24, 2.45) is 0 Å². The monoisotopic (exact) mass is 1400 g/mol. The molecule has 17 rings (SSSR count). The molecule has 1 saturated carbocycles. The first-order chi connectivity index (χ1) is 51.1. The van der Waals surface area contributed by atoms with Crippen molar-refractivity contribution in [3.63, 3.8) is 0 Å². The molecule has 2 heteroatoms. The number of benzene rings is 12. The lowest BCUT2D eigenvalue weighted by Gasteiger charge is -2.32. The molecule has 538 valence electrons. The summed E-state index contributed by atoms with van der Waals surface area (Å²) in [6.07, 6.45) is 5.70. The van der Waals surface area contributed by atoms with E-state index in [2.05, 4.69) is 371 Å². The predicted octanol–water partition coefficient (Wildman–Crippen LogP) is 29.9. The van der Waals surface area contributed by atoms with Gasteiger partial charge in [-0.1, -0.05) is 313 Å². The predicted molar refractivity (Wildman–Crippen MR) is 458 cm³/mol. The van der Waals surface area contributed by atoms with Crippen molar-refractivity contribution in [2.75, 3.05) is 9.80 Å². The van der Waals surface area contributed by atoms with E-state index in [9.17, 15) is 0 Å². The smallest absolute Gasteiger partial charge is 0.0542 e. The highest BCUT2D eigenvalue weighted by atomic mass is 15.2. The summed E-state index contributed by atoms with van der Waals surface area (Å²) in [7, 11) is 0. The number of fused-ring (bicyclic) bond motifs is 14. The van der Waals surface area contributed by atoms with Crippen molar-refractivity contribution in [2.45, 2.75) is 213 Å². The van der Waals surface area contributed by atoms with E-state index in [0.717, 1.165) is 19.3 Å². The van der Waals surface area contributed by atoms with Gasteiger partial charge in [0.1, 0.15) is 0 Å². The maximum atomic E-state index is 2.64. The second-order valence-corrected chi connectivity index (χ2v) is 36.5. The average molecular weight is 1400 g/mol. The highest BCUT2D eigenvalue weighted by molar-refractivity contribution is 5.96. The number of nitrogens with zero attached hydrogens (tertiary/aromatic N) is 2. The van der Waals surface area contributed by atoms with Crippen LogP contribution in [0.5, 0.6) is 0 Å². The Morgan fingerprint density at radius 1 is 0.308 bits per heavy atom. The van der Waals surface area contributed by atoms with Gasteiger partial charge in [0.2, 0.25) is 0 Å². The summed E-state index contributed by atoms with van der Waals surface area (Å²) in [6.45, 7) is 42.9. The van der Waals surface area contributed by atoms with Crippen LogP contribution in [0.15, 0.2) is 237 Å². The van der Waals surface area contributed by atoms with Gasteiger partial charge in [-0.05, 0) is 254 Å². The second-order valence-electron chi connectivity index (χ2n) is 36.5. The van der Waals surface area contributed by atoms with E-state index in [1.807, 2.05) is 0 Å². The molecule has 0 aliphatic heterocycles. The SMILES string of the molecule is CC(C)c1ccc(-c2ccc(C(C)C)cc2N(c2ccc3c(c2)C(C)(C)c2ccccc2-3)c2ccc3c(c2)C2(CCCC2)c2ccc(CC(C)c4cc(-c5ccc(C(C)C)cc5N(c5ccc6c(c5)C(C)(C)c5ccccc5-6)c5ccc6c(c5)C(C)(C)c5cccc(C(C)(C)C)c5-6)cc(C(C)C)c4)cc2-3)cc1. The van der Waals surface area contributed by atoms with Crippen LogP contribution in [0.4, 0.5) is 34.1 Å². The van der Waals surface area contributed by atoms with Gasteiger partial charge in [0, 0.05) is 55.5 Å². The van der Waals surface area contributed by atoms with E-state index < -0.39 is 0 Å². The van der Waals surface area contributed by atoms with Gasteiger partial charge in [0.05, 0.1) is 11.4 Å². The minimum absolute atomic E-state index is 0.0114. The fourth-order valence-corrected chi connectivity index (χ4v) is 20.0. The Bertz CT molecular complexity index is 5550. The fraction of sp³-hybridized carbons (Fsp3) is 0.314. The normalized spacial score (nSPS) is 15.9. The van der Waals surface area contributed by atoms with E-state index in [0.29, 0.717) is 23.7 Å². The van der Waals surface area contributed by atoms with Crippen molar-refractivity contribution in [1.82, 2.24) is 0 Å². The fourth-order valence-electron chi connectivity index (χ4n) is 20.0. The molecule has 0 aromatic heterocycles. The van der Waals surface area contributed by atoms with Crippen LogP contribution in [0.25, 0.3) is 66.8 Å². The molecule has 5 aliphatic carbocycles. The minimum atomic E-state index is -0.206. The molecule has 0 N–H and O–H groups in total. The van der Waals surface area contributed by atoms with Crippen LogP contribution < -0.4 is 9.80 Å². The Balaban J connectivity index is 0.774. The molecular formula is C105H108N2. The van der Waals surface area contributed by atoms with Crippen LogP contribution in [-0.2, 0) is 33.5 Å². The first kappa shape index (κ1) is 70.2. The largest absolute Gasteiger partial charge is 0.310 e. The van der Waals surface area contributed by atoms with Crippen molar-refractivity contribution in [3.05, 3.63) is 320 Å². The Morgan fingerprint density at radius 2 is 0.729 bits per heavy atom. The summed E-state index contributed by atoms with van der Waals surface area (Å²) in [5, 5.41) is 0. The van der Waals surface area contributed by atoms with Gasteiger partial charge in [-0.3, -0.25) is 0 Å². The lowest BCUT2D eigenvalue weighted by Crippen LogP contribution is -2.21. The summed E-state index contributed by atoms with van der Waals surface area (Å²) < 4.78 is 0. The topological polar surface area (TPSA) is 6.48 Å². The van der Waals surface area contributed by atoms with Gasteiger partial charge in [-0.25, -0.2) is 0 Å². The van der Waals surface area contributed by atoms with E-state index >= 15 is 0 Å². The maximum Gasteiger partial charge on any atom is 0.0542 e. The van der Waals surface area contributed by atoms with E-state index in [-0.39, 0.29) is 33.0 Å². The zero-order chi connectivity index (χ0) is 74.7. The molecule has 0 amide bonds. The molecule has 0 bridgehead atoms. The molecule has 12 aromatic carbocycles. The lowest BCUT2D eigenvalue weighted by atomic mass is 9.76.